The number of rotatable bonds is 3. The molecule has 0 aliphatic heterocycles. The van der Waals surface area contributed by atoms with Gasteiger partial charge in [-0.1, -0.05) is 44.2 Å². The Kier molecular flexibility index (Phi) is 3.33. The lowest BCUT2D eigenvalue weighted by molar-refractivity contribution is 0.548. The summed E-state index contributed by atoms with van der Waals surface area (Å²) in [6.45, 7) is 8.62. The van der Waals surface area contributed by atoms with E-state index in [0.29, 0.717) is 5.92 Å². The van der Waals surface area contributed by atoms with Crippen LogP contribution >= 0.6 is 0 Å². The van der Waals surface area contributed by atoms with Crippen LogP contribution in [0.15, 0.2) is 30.3 Å². The second-order valence-corrected chi connectivity index (χ2v) is 3.74. The molecule has 0 aliphatic carbocycles. The molecule has 0 nitrogen and oxygen atoms in total. The normalized spacial score (nSPS) is 13.3. The fourth-order valence-electron chi connectivity index (χ4n) is 1.43. The predicted octanol–water partition coefficient (Wildman–Crippen LogP) is 3.65. The molecule has 0 saturated carbocycles. The molecular weight excluding hydrogens is 144 g/mol. The van der Waals surface area contributed by atoms with Crippen molar-refractivity contribution in [3.8, 4) is 0 Å². The molecule has 0 saturated heterocycles. The molecule has 0 spiro atoms. The highest BCUT2D eigenvalue weighted by molar-refractivity contribution is 5.20. The standard InChI is InChI=1S/C12H17/c1-10(2)9-11(3)12-7-5-4-6-8-12/h4-8,10-11H,3,9H2,1-2H3. The Labute approximate surface area is 75.6 Å². The molecule has 1 rings (SSSR count). The molecule has 1 aromatic carbocycles. The van der Waals surface area contributed by atoms with Crippen molar-refractivity contribution in [2.45, 2.75) is 26.2 Å². The fourth-order valence-corrected chi connectivity index (χ4v) is 1.43. The lowest BCUT2D eigenvalue weighted by Gasteiger charge is -2.13. The maximum atomic E-state index is 4.15. The number of benzene rings is 1. The van der Waals surface area contributed by atoms with Crippen molar-refractivity contribution in [3.05, 3.63) is 42.8 Å². The van der Waals surface area contributed by atoms with E-state index in [4.69, 9.17) is 0 Å². The maximum absolute atomic E-state index is 4.15. The summed E-state index contributed by atoms with van der Waals surface area (Å²) < 4.78 is 0. The topological polar surface area (TPSA) is 0 Å². The molecule has 0 heteroatoms. The van der Waals surface area contributed by atoms with Crippen LogP contribution in [0.25, 0.3) is 0 Å². The molecule has 1 aromatic rings. The van der Waals surface area contributed by atoms with Crippen LogP contribution in [0, 0.1) is 12.8 Å². The molecule has 1 atom stereocenters. The summed E-state index contributed by atoms with van der Waals surface area (Å²) in [5.74, 6) is 1.18. The number of hydrogen-bond donors (Lipinski definition) is 0. The summed E-state index contributed by atoms with van der Waals surface area (Å²) in [5.41, 5.74) is 1.35. The van der Waals surface area contributed by atoms with Crippen molar-refractivity contribution in [2.75, 3.05) is 0 Å². The first-order valence-electron chi connectivity index (χ1n) is 4.58. The van der Waals surface area contributed by atoms with Gasteiger partial charge in [0.15, 0.2) is 0 Å². The van der Waals surface area contributed by atoms with Crippen LogP contribution in [0.2, 0.25) is 0 Å². The first-order valence-corrected chi connectivity index (χ1v) is 4.58. The van der Waals surface area contributed by atoms with E-state index in [2.05, 4.69) is 45.0 Å². The minimum atomic E-state index is 0.450. The Hall–Kier alpha value is -0.780. The van der Waals surface area contributed by atoms with Crippen molar-refractivity contribution in [2.24, 2.45) is 5.92 Å². The van der Waals surface area contributed by atoms with E-state index in [1.165, 1.54) is 12.0 Å². The summed E-state index contributed by atoms with van der Waals surface area (Å²) in [6, 6.07) is 10.5. The van der Waals surface area contributed by atoms with Crippen molar-refractivity contribution >= 4 is 0 Å². The Morgan fingerprint density at radius 1 is 1.17 bits per heavy atom. The SMILES string of the molecule is [CH2]C(CC(C)C)c1ccccc1. The van der Waals surface area contributed by atoms with E-state index in [-0.39, 0.29) is 0 Å². The van der Waals surface area contributed by atoms with Gasteiger partial charge in [0.1, 0.15) is 0 Å². The van der Waals surface area contributed by atoms with Crippen LogP contribution < -0.4 is 0 Å². The molecule has 12 heavy (non-hydrogen) atoms. The monoisotopic (exact) mass is 161 g/mol. The molecule has 0 aromatic heterocycles. The summed E-state index contributed by atoms with van der Waals surface area (Å²) in [5, 5.41) is 0. The van der Waals surface area contributed by atoms with Gasteiger partial charge in [0.25, 0.3) is 0 Å². The zero-order chi connectivity index (χ0) is 8.97. The molecule has 0 heterocycles. The van der Waals surface area contributed by atoms with Crippen molar-refractivity contribution in [3.63, 3.8) is 0 Å². The summed E-state index contributed by atoms with van der Waals surface area (Å²) in [7, 11) is 0. The molecular formula is C12H17. The molecule has 1 unspecified atom stereocenters. The second-order valence-electron chi connectivity index (χ2n) is 3.74. The summed E-state index contributed by atoms with van der Waals surface area (Å²) in [4.78, 5) is 0. The van der Waals surface area contributed by atoms with Gasteiger partial charge in [-0.3, -0.25) is 0 Å². The van der Waals surface area contributed by atoms with E-state index in [1.54, 1.807) is 0 Å². The minimum absolute atomic E-state index is 0.450. The average molecular weight is 161 g/mol. The van der Waals surface area contributed by atoms with Crippen LogP contribution in [0.4, 0.5) is 0 Å². The molecule has 0 aliphatic rings. The zero-order valence-electron chi connectivity index (χ0n) is 7.96. The summed E-state index contributed by atoms with van der Waals surface area (Å²) in [6.07, 6.45) is 1.17. The quantitative estimate of drug-likeness (QED) is 0.634. The van der Waals surface area contributed by atoms with E-state index in [0.717, 1.165) is 5.92 Å². The van der Waals surface area contributed by atoms with Crippen LogP contribution in [0.5, 0.6) is 0 Å². The zero-order valence-corrected chi connectivity index (χ0v) is 7.96. The van der Waals surface area contributed by atoms with Crippen molar-refractivity contribution in [1.82, 2.24) is 0 Å². The third kappa shape index (κ3) is 2.69. The summed E-state index contributed by atoms with van der Waals surface area (Å²) >= 11 is 0. The first-order chi connectivity index (χ1) is 5.70. The van der Waals surface area contributed by atoms with E-state index in [9.17, 15) is 0 Å². The Morgan fingerprint density at radius 3 is 2.25 bits per heavy atom. The maximum Gasteiger partial charge on any atom is -0.0159 e. The van der Waals surface area contributed by atoms with Gasteiger partial charge < -0.3 is 0 Å². The molecule has 0 amide bonds. The smallest absolute Gasteiger partial charge is 0.0159 e. The van der Waals surface area contributed by atoms with Crippen LogP contribution in [0.1, 0.15) is 31.7 Å². The molecule has 0 N–H and O–H groups in total. The molecule has 1 radical (unpaired) electrons. The predicted molar refractivity (Wildman–Crippen MR) is 54.0 cm³/mol. The van der Waals surface area contributed by atoms with Gasteiger partial charge in [0.2, 0.25) is 0 Å². The highest BCUT2D eigenvalue weighted by Gasteiger charge is 2.06. The van der Waals surface area contributed by atoms with Crippen LogP contribution in [-0.2, 0) is 0 Å². The Balaban J connectivity index is 2.59. The first kappa shape index (κ1) is 9.31. The van der Waals surface area contributed by atoms with Gasteiger partial charge in [-0.2, -0.15) is 0 Å². The van der Waals surface area contributed by atoms with Gasteiger partial charge in [0, 0.05) is 0 Å². The van der Waals surface area contributed by atoms with Crippen LogP contribution in [0.3, 0.4) is 0 Å². The minimum Gasteiger partial charge on any atom is -0.0628 e. The van der Waals surface area contributed by atoms with E-state index in [1.807, 2.05) is 6.07 Å². The van der Waals surface area contributed by atoms with Crippen molar-refractivity contribution in [1.29, 1.82) is 0 Å². The molecule has 0 bridgehead atoms. The number of hydrogen-bond acceptors (Lipinski definition) is 0. The van der Waals surface area contributed by atoms with Crippen LogP contribution in [-0.4, -0.2) is 0 Å². The lowest BCUT2D eigenvalue weighted by Crippen LogP contribution is -1.98. The van der Waals surface area contributed by atoms with Gasteiger partial charge in [-0.15, -0.1) is 0 Å². The molecule has 65 valence electrons. The second kappa shape index (κ2) is 4.30. The van der Waals surface area contributed by atoms with Gasteiger partial charge in [-0.05, 0) is 30.7 Å². The average Bonchev–Trinajstić information content (AvgIpc) is 2.05. The van der Waals surface area contributed by atoms with E-state index < -0.39 is 0 Å². The van der Waals surface area contributed by atoms with E-state index >= 15 is 0 Å². The largest absolute Gasteiger partial charge is 0.0628 e. The van der Waals surface area contributed by atoms with Gasteiger partial charge >= 0.3 is 0 Å². The Bertz CT molecular complexity index is 211. The highest BCUT2D eigenvalue weighted by atomic mass is 14.1. The van der Waals surface area contributed by atoms with Crippen molar-refractivity contribution < 1.29 is 0 Å². The molecule has 0 fully saturated rings. The lowest BCUT2D eigenvalue weighted by atomic mass is 9.92. The third-order valence-corrected chi connectivity index (χ3v) is 2.03. The third-order valence-electron chi connectivity index (χ3n) is 2.03. The fraction of sp³-hybridized carbons (Fsp3) is 0.417. The highest BCUT2D eigenvalue weighted by Crippen LogP contribution is 2.21. The van der Waals surface area contributed by atoms with Gasteiger partial charge in [-0.25, -0.2) is 0 Å². The van der Waals surface area contributed by atoms with Gasteiger partial charge in [0.05, 0.1) is 0 Å². The Morgan fingerprint density at radius 2 is 1.75 bits per heavy atom.